The lowest BCUT2D eigenvalue weighted by Crippen LogP contribution is -2.40. The van der Waals surface area contributed by atoms with Crippen LogP contribution in [0, 0.1) is 12.3 Å². The third kappa shape index (κ3) is 2.85. The average Bonchev–Trinajstić information content (AvgIpc) is 2.27. The number of nitrogens with zero attached hydrogens (tertiary/aromatic N) is 3. The van der Waals surface area contributed by atoms with Crippen LogP contribution in [-0.4, -0.2) is 23.1 Å². The van der Waals surface area contributed by atoms with Crippen LogP contribution in [0.25, 0.3) is 0 Å². The van der Waals surface area contributed by atoms with Gasteiger partial charge in [-0.25, -0.2) is 15.8 Å². The van der Waals surface area contributed by atoms with E-state index in [1.165, 1.54) is 12.8 Å². The third-order valence-corrected chi connectivity index (χ3v) is 3.20. The molecule has 0 aromatic carbocycles. The van der Waals surface area contributed by atoms with Crippen molar-refractivity contribution >= 4 is 11.6 Å². The number of anilines is 2. The summed E-state index contributed by atoms with van der Waals surface area (Å²) in [4.78, 5) is 11.0. The van der Waals surface area contributed by atoms with E-state index in [-0.39, 0.29) is 0 Å². The van der Waals surface area contributed by atoms with Crippen LogP contribution in [0.2, 0.25) is 0 Å². The highest BCUT2D eigenvalue weighted by atomic mass is 15.3. The molecule has 94 valence electrons. The van der Waals surface area contributed by atoms with Gasteiger partial charge in [0.2, 0.25) is 0 Å². The fraction of sp³-hybridized carbons (Fsp3) is 0.667. The van der Waals surface area contributed by atoms with Crippen molar-refractivity contribution in [1.29, 1.82) is 0 Å². The second kappa shape index (κ2) is 4.49. The maximum Gasteiger partial charge on any atom is 0.145 e. The number of nitrogen functional groups attached to an aromatic ring is 1. The molecule has 0 bridgehead atoms. The van der Waals surface area contributed by atoms with Gasteiger partial charge in [0, 0.05) is 19.2 Å². The minimum atomic E-state index is 0.355. The molecule has 3 N–H and O–H groups in total. The molecule has 0 radical (unpaired) electrons. The van der Waals surface area contributed by atoms with Crippen LogP contribution in [0.4, 0.5) is 11.6 Å². The minimum Gasteiger partial charge on any atom is -0.356 e. The predicted molar refractivity (Wildman–Crippen MR) is 69.8 cm³/mol. The lowest BCUT2D eigenvalue weighted by molar-refractivity contribution is 0.292. The van der Waals surface area contributed by atoms with Crippen molar-refractivity contribution in [3.63, 3.8) is 0 Å². The molecule has 1 fully saturated rings. The molecule has 1 aliphatic rings. The van der Waals surface area contributed by atoms with E-state index >= 15 is 0 Å². The van der Waals surface area contributed by atoms with Crippen molar-refractivity contribution in [1.82, 2.24) is 9.97 Å². The van der Waals surface area contributed by atoms with Crippen LogP contribution in [0.3, 0.4) is 0 Å². The largest absolute Gasteiger partial charge is 0.356 e. The SMILES string of the molecule is Cc1nc(NN)cc(N2CCCC(C)(C)C2)n1. The van der Waals surface area contributed by atoms with E-state index in [0.29, 0.717) is 11.2 Å². The summed E-state index contributed by atoms with van der Waals surface area (Å²) in [5.74, 6) is 7.81. The highest BCUT2D eigenvalue weighted by Crippen LogP contribution is 2.31. The summed E-state index contributed by atoms with van der Waals surface area (Å²) in [6.45, 7) is 8.58. The molecule has 0 atom stereocenters. The zero-order chi connectivity index (χ0) is 12.5. The summed E-state index contributed by atoms with van der Waals surface area (Å²) < 4.78 is 0. The van der Waals surface area contributed by atoms with Crippen LogP contribution < -0.4 is 16.2 Å². The Hall–Kier alpha value is -1.36. The van der Waals surface area contributed by atoms with Crippen LogP contribution in [0.5, 0.6) is 0 Å². The second-order valence-corrected chi connectivity index (χ2v) is 5.49. The van der Waals surface area contributed by atoms with E-state index in [4.69, 9.17) is 5.84 Å². The number of hydrazine groups is 1. The zero-order valence-corrected chi connectivity index (χ0v) is 10.8. The third-order valence-electron chi connectivity index (χ3n) is 3.20. The van der Waals surface area contributed by atoms with E-state index in [2.05, 4.69) is 34.1 Å². The Kier molecular flexibility index (Phi) is 3.19. The maximum absolute atomic E-state index is 5.41. The zero-order valence-electron chi connectivity index (χ0n) is 10.8. The maximum atomic E-state index is 5.41. The van der Waals surface area contributed by atoms with Gasteiger partial charge in [-0.05, 0) is 25.2 Å². The van der Waals surface area contributed by atoms with Crippen molar-refractivity contribution in [2.24, 2.45) is 11.3 Å². The molecule has 0 saturated carbocycles. The summed E-state index contributed by atoms with van der Waals surface area (Å²) in [7, 11) is 0. The van der Waals surface area contributed by atoms with Gasteiger partial charge in [0.1, 0.15) is 17.5 Å². The predicted octanol–water partition coefficient (Wildman–Crippen LogP) is 1.70. The summed E-state index contributed by atoms with van der Waals surface area (Å²) in [5.41, 5.74) is 2.94. The molecule has 1 aliphatic heterocycles. The molecule has 1 aromatic heterocycles. The number of hydrogen-bond donors (Lipinski definition) is 2. The Morgan fingerprint density at radius 1 is 1.41 bits per heavy atom. The summed E-state index contributed by atoms with van der Waals surface area (Å²) in [5, 5.41) is 0. The number of nitrogens with one attached hydrogen (secondary N) is 1. The van der Waals surface area contributed by atoms with E-state index in [0.717, 1.165) is 24.7 Å². The van der Waals surface area contributed by atoms with Gasteiger partial charge in [-0.3, -0.25) is 0 Å². The first kappa shape index (κ1) is 12.1. The monoisotopic (exact) mass is 235 g/mol. The van der Waals surface area contributed by atoms with Crippen molar-refractivity contribution in [2.75, 3.05) is 23.4 Å². The highest BCUT2D eigenvalue weighted by molar-refractivity contribution is 5.49. The summed E-state index contributed by atoms with van der Waals surface area (Å²) in [6, 6.07) is 1.91. The number of hydrogen-bond acceptors (Lipinski definition) is 5. The Labute approximate surface area is 102 Å². The van der Waals surface area contributed by atoms with Crippen molar-refractivity contribution in [3.05, 3.63) is 11.9 Å². The first-order chi connectivity index (χ1) is 8.00. The molecule has 2 rings (SSSR count). The minimum absolute atomic E-state index is 0.355. The summed E-state index contributed by atoms with van der Waals surface area (Å²) in [6.07, 6.45) is 2.48. The number of aryl methyl sites for hydroxylation is 1. The summed E-state index contributed by atoms with van der Waals surface area (Å²) >= 11 is 0. The van der Waals surface area contributed by atoms with E-state index in [1.807, 2.05) is 13.0 Å². The average molecular weight is 235 g/mol. The molecular weight excluding hydrogens is 214 g/mol. The lowest BCUT2D eigenvalue weighted by atomic mass is 9.84. The first-order valence-corrected chi connectivity index (χ1v) is 6.07. The topological polar surface area (TPSA) is 67.1 Å². The van der Waals surface area contributed by atoms with Crippen molar-refractivity contribution < 1.29 is 0 Å². The Bertz CT molecular complexity index is 402. The molecule has 2 heterocycles. The van der Waals surface area contributed by atoms with Gasteiger partial charge in [0.05, 0.1) is 0 Å². The number of nitrogens with two attached hydrogens (primary N) is 1. The standard InChI is InChI=1S/C12H21N5/c1-9-14-10(16-13)7-11(15-9)17-6-4-5-12(2,3)8-17/h7H,4-6,8,13H2,1-3H3,(H,14,15,16). The Balaban J connectivity index is 2.24. The number of rotatable bonds is 2. The fourth-order valence-corrected chi connectivity index (χ4v) is 2.41. The normalized spacial score (nSPS) is 19.2. The molecule has 5 nitrogen and oxygen atoms in total. The molecule has 1 saturated heterocycles. The van der Waals surface area contributed by atoms with Gasteiger partial charge in [0.25, 0.3) is 0 Å². The molecule has 0 spiro atoms. The van der Waals surface area contributed by atoms with E-state index in [9.17, 15) is 0 Å². The quantitative estimate of drug-likeness (QED) is 0.603. The van der Waals surface area contributed by atoms with Crippen molar-refractivity contribution in [3.8, 4) is 0 Å². The molecule has 5 heteroatoms. The van der Waals surface area contributed by atoms with Crippen molar-refractivity contribution in [2.45, 2.75) is 33.6 Å². The van der Waals surface area contributed by atoms with Gasteiger partial charge in [-0.2, -0.15) is 0 Å². The number of aromatic nitrogens is 2. The Morgan fingerprint density at radius 2 is 2.18 bits per heavy atom. The van der Waals surface area contributed by atoms with E-state index < -0.39 is 0 Å². The highest BCUT2D eigenvalue weighted by Gasteiger charge is 2.27. The molecule has 0 aliphatic carbocycles. The van der Waals surface area contributed by atoms with Crippen LogP contribution in [0.1, 0.15) is 32.5 Å². The second-order valence-electron chi connectivity index (χ2n) is 5.49. The molecule has 1 aromatic rings. The van der Waals surface area contributed by atoms with Gasteiger partial charge in [-0.15, -0.1) is 0 Å². The van der Waals surface area contributed by atoms with Crippen LogP contribution >= 0.6 is 0 Å². The van der Waals surface area contributed by atoms with Gasteiger partial charge < -0.3 is 10.3 Å². The van der Waals surface area contributed by atoms with Gasteiger partial charge in [0.15, 0.2) is 0 Å². The van der Waals surface area contributed by atoms with Gasteiger partial charge in [-0.1, -0.05) is 13.8 Å². The van der Waals surface area contributed by atoms with E-state index in [1.54, 1.807) is 0 Å². The molecule has 17 heavy (non-hydrogen) atoms. The fourth-order valence-electron chi connectivity index (χ4n) is 2.41. The first-order valence-electron chi connectivity index (χ1n) is 6.07. The number of piperidine rings is 1. The van der Waals surface area contributed by atoms with Gasteiger partial charge >= 0.3 is 0 Å². The molecular formula is C12H21N5. The molecule has 0 amide bonds. The Morgan fingerprint density at radius 3 is 2.82 bits per heavy atom. The lowest BCUT2D eigenvalue weighted by Gasteiger charge is -2.38. The smallest absolute Gasteiger partial charge is 0.145 e. The van der Waals surface area contributed by atoms with Crippen LogP contribution in [0.15, 0.2) is 6.07 Å². The molecule has 0 unspecified atom stereocenters. The van der Waals surface area contributed by atoms with Crippen LogP contribution in [-0.2, 0) is 0 Å².